The van der Waals surface area contributed by atoms with Gasteiger partial charge in [0.15, 0.2) is 5.78 Å². The van der Waals surface area contributed by atoms with Crippen molar-refractivity contribution in [3.8, 4) is 0 Å². The van der Waals surface area contributed by atoms with Gasteiger partial charge in [-0.2, -0.15) is 13.2 Å². The van der Waals surface area contributed by atoms with Crippen LogP contribution in [0.25, 0.3) is 0 Å². The summed E-state index contributed by atoms with van der Waals surface area (Å²) in [6.45, 7) is 0.927. The van der Waals surface area contributed by atoms with Crippen LogP contribution in [0.2, 0.25) is 0 Å². The second-order valence-corrected chi connectivity index (χ2v) is 5.80. The van der Waals surface area contributed by atoms with Gasteiger partial charge in [0.25, 0.3) is 0 Å². The number of hydrogen-bond acceptors (Lipinski definition) is 3. The van der Waals surface area contributed by atoms with E-state index in [4.69, 9.17) is 4.74 Å². The predicted molar refractivity (Wildman–Crippen MR) is 70.0 cm³/mol. The number of carbonyl (C=O) groups is 1. The van der Waals surface area contributed by atoms with E-state index in [1.807, 2.05) is 0 Å². The number of piperidine rings is 1. The SMILES string of the molecule is O=C(c1cccc(C(F)(F)F)c1F)C1CC2COCC(C1)N2. The lowest BCUT2D eigenvalue weighted by atomic mass is 9.82. The van der Waals surface area contributed by atoms with Crippen LogP contribution >= 0.6 is 0 Å². The number of hydrogen-bond donors (Lipinski definition) is 1. The molecule has 3 nitrogen and oxygen atoms in total. The van der Waals surface area contributed by atoms with Gasteiger partial charge in [-0.3, -0.25) is 4.79 Å². The van der Waals surface area contributed by atoms with E-state index >= 15 is 0 Å². The van der Waals surface area contributed by atoms with Gasteiger partial charge in [-0.15, -0.1) is 0 Å². The predicted octanol–water partition coefficient (Wildman–Crippen LogP) is 2.79. The number of Topliss-reactive ketones (excluding diaryl/α,β-unsaturated/α-hetero) is 1. The number of halogens is 4. The maximum Gasteiger partial charge on any atom is 0.419 e. The molecule has 3 rings (SSSR count). The van der Waals surface area contributed by atoms with Crippen molar-refractivity contribution in [1.29, 1.82) is 0 Å². The summed E-state index contributed by atoms with van der Waals surface area (Å²) in [5.74, 6) is -2.50. The number of ketones is 1. The normalized spacial score (nSPS) is 28.5. The average Bonchev–Trinajstić information content (AvgIpc) is 2.45. The molecule has 2 unspecified atom stereocenters. The molecule has 0 spiro atoms. The Labute approximate surface area is 124 Å². The Kier molecular flexibility index (Phi) is 3.94. The van der Waals surface area contributed by atoms with Crippen LogP contribution in [0.15, 0.2) is 18.2 Å². The van der Waals surface area contributed by atoms with Crippen molar-refractivity contribution in [1.82, 2.24) is 5.32 Å². The van der Waals surface area contributed by atoms with E-state index in [0.717, 1.165) is 12.1 Å². The summed E-state index contributed by atoms with van der Waals surface area (Å²) in [6.07, 6.45) is -3.91. The van der Waals surface area contributed by atoms with Crippen molar-refractivity contribution in [3.05, 3.63) is 35.1 Å². The number of fused-ring (bicyclic) bond motifs is 2. The molecule has 1 aromatic rings. The lowest BCUT2D eigenvalue weighted by Crippen LogP contribution is -2.55. The number of ether oxygens (including phenoxy) is 1. The summed E-state index contributed by atoms with van der Waals surface area (Å²) in [4.78, 5) is 12.5. The molecule has 1 N–H and O–H groups in total. The molecule has 0 aromatic heterocycles. The van der Waals surface area contributed by atoms with E-state index < -0.39 is 34.8 Å². The first kappa shape index (κ1) is 15.4. The Morgan fingerprint density at radius 2 is 1.82 bits per heavy atom. The summed E-state index contributed by atoms with van der Waals surface area (Å²) in [5, 5.41) is 3.29. The van der Waals surface area contributed by atoms with E-state index in [2.05, 4.69) is 5.32 Å². The highest BCUT2D eigenvalue weighted by Crippen LogP contribution is 2.34. The van der Waals surface area contributed by atoms with Crippen molar-refractivity contribution in [2.24, 2.45) is 5.92 Å². The third-order valence-corrected chi connectivity index (χ3v) is 4.19. The van der Waals surface area contributed by atoms with Crippen LogP contribution in [-0.2, 0) is 10.9 Å². The Bertz CT molecular complexity index is 575. The van der Waals surface area contributed by atoms with Crippen LogP contribution in [0, 0.1) is 11.7 Å². The fourth-order valence-corrected chi connectivity index (χ4v) is 3.21. The van der Waals surface area contributed by atoms with Crippen LogP contribution in [-0.4, -0.2) is 31.1 Å². The molecule has 2 aliphatic rings. The standard InChI is InChI=1S/C15H15F4NO2/c16-13-11(2-1-3-12(13)15(17,18)19)14(21)8-4-9-6-22-7-10(5-8)20-9/h1-3,8-10,20H,4-7H2. The highest BCUT2D eigenvalue weighted by atomic mass is 19.4. The quantitative estimate of drug-likeness (QED) is 0.673. The number of benzene rings is 1. The molecule has 2 heterocycles. The number of alkyl halides is 3. The van der Waals surface area contributed by atoms with Gasteiger partial charge >= 0.3 is 6.18 Å². The lowest BCUT2D eigenvalue weighted by molar-refractivity contribution is -0.140. The monoisotopic (exact) mass is 317 g/mol. The number of morpholine rings is 1. The van der Waals surface area contributed by atoms with Crippen LogP contribution in [0.5, 0.6) is 0 Å². The van der Waals surface area contributed by atoms with Gasteiger partial charge in [-0.05, 0) is 25.0 Å². The summed E-state index contributed by atoms with van der Waals surface area (Å²) in [5.41, 5.74) is -1.86. The van der Waals surface area contributed by atoms with Gasteiger partial charge in [0.1, 0.15) is 5.82 Å². The first-order valence-electron chi connectivity index (χ1n) is 7.10. The maximum absolute atomic E-state index is 14.1. The molecule has 2 aliphatic heterocycles. The van der Waals surface area contributed by atoms with Crippen molar-refractivity contribution in [2.75, 3.05) is 13.2 Å². The Hall–Kier alpha value is -1.47. The summed E-state index contributed by atoms with van der Waals surface area (Å²) >= 11 is 0. The van der Waals surface area contributed by atoms with Gasteiger partial charge in [-0.25, -0.2) is 4.39 Å². The van der Waals surface area contributed by atoms with Gasteiger partial charge < -0.3 is 10.1 Å². The molecule has 0 aliphatic carbocycles. The van der Waals surface area contributed by atoms with Gasteiger partial charge in [0, 0.05) is 18.0 Å². The molecular weight excluding hydrogens is 302 g/mol. The lowest BCUT2D eigenvalue weighted by Gasteiger charge is -2.39. The van der Waals surface area contributed by atoms with Gasteiger partial charge in [0.05, 0.1) is 24.3 Å². The second kappa shape index (κ2) is 5.62. The summed E-state index contributed by atoms with van der Waals surface area (Å²) in [7, 11) is 0. The molecule has 2 fully saturated rings. The molecule has 22 heavy (non-hydrogen) atoms. The number of rotatable bonds is 2. The van der Waals surface area contributed by atoms with Crippen molar-refractivity contribution in [2.45, 2.75) is 31.1 Å². The molecule has 0 amide bonds. The Morgan fingerprint density at radius 1 is 1.18 bits per heavy atom. The van der Waals surface area contributed by atoms with Crippen LogP contribution in [0.4, 0.5) is 17.6 Å². The molecule has 2 bridgehead atoms. The minimum atomic E-state index is -4.81. The largest absolute Gasteiger partial charge is 0.419 e. The van der Waals surface area contributed by atoms with E-state index in [9.17, 15) is 22.4 Å². The third-order valence-electron chi connectivity index (χ3n) is 4.19. The highest BCUT2D eigenvalue weighted by Gasteiger charge is 2.39. The molecule has 0 saturated carbocycles. The molecule has 2 saturated heterocycles. The van der Waals surface area contributed by atoms with E-state index in [1.165, 1.54) is 0 Å². The zero-order valence-corrected chi connectivity index (χ0v) is 11.6. The Balaban J connectivity index is 1.86. The second-order valence-electron chi connectivity index (χ2n) is 5.80. The topological polar surface area (TPSA) is 38.3 Å². The van der Waals surface area contributed by atoms with Gasteiger partial charge in [-0.1, -0.05) is 6.07 Å². The molecular formula is C15H15F4NO2. The van der Waals surface area contributed by atoms with Crippen LogP contribution < -0.4 is 5.32 Å². The third kappa shape index (κ3) is 2.87. The van der Waals surface area contributed by atoms with Crippen LogP contribution in [0.1, 0.15) is 28.8 Å². The number of nitrogens with one attached hydrogen (secondary N) is 1. The molecule has 120 valence electrons. The summed E-state index contributed by atoms with van der Waals surface area (Å²) in [6, 6.07) is 2.84. The fourth-order valence-electron chi connectivity index (χ4n) is 3.21. The molecule has 0 radical (unpaired) electrons. The molecule has 7 heteroatoms. The Morgan fingerprint density at radius 3 is 2.41 bits per heavy atom. The highest BCUT2D eigenvalue weighted by molar-refractivity contribution is 5.98. The van der Waals surface area contributed by atoms with Gasteiger partial charge in [0.2, 0.25) is 0 Å². The van der Waals surface area contributed by atoms with E-state index in [0.29, 0.717) is 32.1 Å². The zero-order chi connectivity index (χ0) is 15.9. The zero-order valence-electron chi connectivity index (χ0n) is 11.6. The maximum atomic E-state index is 14.1. The van der Waals surface area contributed by atoms with Crippen molar-refractivity contribution in [3.63, 3.8) is 0 Å². The summed E-state index contributed by atoms with van der Waals surface area (Å²) < 4.78 is 57.7. The van der Waals surface area contributed by atoms with E-state index in [1.54, 1.807) is 0 Å². The minimum Gasteiger partial charge on any atom is -0.378 e. The smallest absolute Gasteiger partial charge is 0.378 e. The first-order valence-corrected chi connectivity index (χ1v) is 7.10. The molecule has 1 aromatic carbocycles. The molecule has 2 atom stereocenters. The van der Waals surface area contributed by atoms with E-state index in [-0.39, 0.29) is 12.1 Å². The fraction of sp³-hybridized carbons (Fsp3) is 0.533. The average molecular weight is 317 g/mol. The first-order chi connectivity index (χ1) is 10.4. The minimum absolute atomic E-state index is 0.00434. The van der Waals surface area contributed by atoms with Crippen molar-refractivity contribution >= 4 is 5.78 Å². The number of carbonyl (C=O) groups excluding carboxylic acids is 1. The van der Waals surface area contributed by atoms with Crippen LogP contribution in [0.3, 0.4) is 0 Å². The van der Waals surface area contributed by atoms with Crippen molar-refractivity contribution < 1.29 is 27.1 Å².